The van der Waals surface area contributed by atoms with Gasteiger partial charge >= 0.3 is 18.0 Å². The maximum Gasteiger partial charge on any atom is 0.408 e. The molecule has 2 atom stereocenters. The van der Waals surface area contributed by atoms with Crippen molar-refractivity contribution in [3.8, 4) is 5.75 Å². The van der Waals surface area contributed by atoms with Gasteiger partial charge in [0.2, 0.25) is 11.8 Å². The highest BCUT2D eigenvalue weighted by Crippen LogP contribution is 2.17. The van der Waals surface area contributed by atoms with Gasteiger partial charge in [0.05, 0.1) is 0 Å². The Morgan fingerprint density at radius 1 is 0.822 bits per heavy atom. The van der Waals surface area contributed by atoms with Gasteiger partial charge in [-0.15, -0.1) is 0 Å². The van der Waals surface area contributed by atoms with E-state index in [1.165, 1.54) is 23.9 Å². The summed E-state index contributed by atoms with van der Waals surface area (Å²) in [6, 6.07) is 13.5. The van der Waals surface area contributed by atoms with Crippen molar-refractivity contribution in [1.29, 1.82) is 0 Å². The first-order chi connectivity index (χ1) is 21.3. The summed E-state index contributed by atoms with van der Waals surface area (Å²) in [4.78, 5) is 61.8. The van der Waals surface area contributed by atoms with Crippen LogP contribution in [0.25, 0.3) is 0 Å². The van der Waals surface area contributed by atoms with Crippen LogP contribution in [-0.4, -0.2) is 76.1 Å². The number of nitrogens with one attached hydrogen (secondary N) is 3. The first-order valence-electron chi connectivity index (χ1n) is 14.7. The van der Waals surface area contributed by atoms with Gasteiger partial charge in [-0.1, -0.05) is 62.2 Å². The van der Waals surface area contributed by atoms with Crippen molar-refractivity contribution in [1.82, 2.24) is 16.0 Å². The SMILES string of the molecule is CCCCCNC(=O)[C@H](Cc1ccc(OC(C(=O)O)C(=O)O)cc1)NC(=O)[C@H](CSCc1ccccc1)NC(=O)OC(C)(C)C. The van der Waals surface area contributed by atoms with Crippen LogP contribution >= 0.6 is 11.8 Å². The minimum absolute atomic E-state index is 0.00946. The number of benzene rings is 2. The lowest BCUT2D eigenvalue weighted by molar-refractivity contribution is -0.159. The Morgan fingerprint density at radius 3 is 2.04 bits per heavy atom. The maximum atomic E-state index is 13.6. The van der Waals surface area contributed by atoms with E-state index in [9.17, 15) is 24.0 Å². The van der Waals surface area contributed by atoms with Gasteiger partial charge in [0.25, 0.3) is 6.10 Å². The van der Waals surface area contributed by atoms with Crippen LogP contribution in [0.3, 0.4) is 0 Å². The summed E-state index contributed by atoms with van der Waals surface area (Å²) in [5.41, 5.74) is 0.857. The summed E-state index contributed by atoms with van der Waals surface area (Å²) in [6.45, 7) is 7.60. The third-order valence-electron chi connectivity index (χ3n) is 6.18. The van der Waals surface area contributed by atoms with E-state index in [1.807, 2.05) is 37.3 Å². The van der Waals surface area contributed by atoms with E-state index >= 15 is 0 Å². The van der Waals surface area contributed by atoms with E-state index in [2.05, 4.69) is 16.0 Å². The van der Waals surface area contributed by atoms with Crippen molar-refractivity contribution < 1.29 is 43.7 Å². The minimum Gasteiger partial charge on any atom is -0.478 e. The molecule has 13 heteroatoms. The molecule has 0 aliphatic rings. The Kier molecular flexibility index (Phi) is 15.2. The van der Waals surface area contributed by atoms with E-state index in [0.29, 0.717) is 17.9 Å². The summed E-state index contributed by atoms with van der Waals surface area (Å²) in [5, 5.41) is 26.4. The normalized spacial score (nSPS) is 12.5. The number of carboxylic acids is 2. The number of alkyl carbamates (subject to hydrolysis) is 1. The number of ether oxygens (including phenoxy) is 2. The Morgan fingerprint density at radius 2 is 1.47 bits per heavy atom. The molecule has 0 aliphatic carbocycles. The number of hydrogen-bond donors (Lipinski definition) is 5. The number of carbonyl (C=O) groups is 5. The van der Waals surface area contributed by atoms with Crippen molar-refractivity contribution >= 4 is 41.6 Å². The molecular weight excluding hydrogens is 602 g/mol. The molecule has 2 rings (SSSR count). The van der Waals surface area contributed by atoms with Gasteiger partial charge in [-0.05, 0) is 50.5 Å². The first-order valence-corrected chi connectivity index (χ1v) is 15.8. The molecule has 2 aromatic rings. The predicted octanol–water partition coefficient (Wildman–Crippen LogP) is 3.76. The van der Waals surface area contributed by atoms with E-state index in [4.69, 9.17) is 19.7 Å². The lowest BCUT2D eigenvalue weighted by atomic mass is 10.0. The average Bonchev–Trinajstić information content (AvgIpc) is 2.97. The zero-order valence-corrected chi connectivity index (χ0v) is 26.9. The number of rotatable bonds is 18. The molecule has 0 aliphatic heterocycles. The van der Waals surface area contributed by atoms with Crippen LogP contribution in [0.5, 0.6) is 5.75 Å². The number of unbranched alkanes of at least 4 members (excludes halogenated alkanes) is 2. The van der Waals surface area contributed by atoms with Crippen LogP contribution in [0.15, 0.2) is 54.6 Å². The van der Waals surface area contributed by atoms with Crippen molar-refractivity contribution in [2.24, 2.45) is 0 Å². The first kappa shape index (κ1) is 36.9. The molecule has 0 unspecified atom stereocenters. The molecule has 2 aromatic carbocycles. The molecule has 0 saturated carbocycles. The summed E-state index contributed by atoms with van der Waals surface area (Å²) in [6.07, 6.45) is -0.127. The number of thioether (sulfide) groups is 1. The Bertz CT molecular complexity index is 1250. The molecule has 246 valence electrons. The number of carbonyl (C=O) groups excluding carboxylic acids is 3. The Balaban J connectivity index is 2.21. The highest BCUT2D eigenvalue weighted by atomic mass is 32.2. The summed E-state index contributed by atoms with van der Waals surface area (Å²) >= 11 is 1.44. The van der Waals surface area contributed by atoms with Gasteiger partial charge in [0.1, 0.15) is 23.4 Å². The number of hydrogen-bond acceptors (Lipinski definition) is 8. The molecule has 45 heavy (non-hydrogen) atoms. The molecule has 0 aromatic heterocycles. The molecule has 0 fully saturated rings. The van der Waals surface area contributed by atoms with E-state index < -0.39 is 53.6 Å². The summed E-state index contributed by atoms with van der Waals surface area (Å²) in [7, 11) is 0. The lowest BCUT2D eigenvalue weighted by Gasteiger charge is -2.25. The average molecular weight is 646 g/mol. The number of amides is 3. The molecule has 3 amide bonds. The fourth-order valence-electron chi connectivity index (χ4n) is 3.98. The molecule has 12 nitrogen and oxygen atoms in total. The quantitative estimate of drug-likeness (QED) is 0.118. The third-order valence-corrected chi connectivity index (χ3v) is 7.29. The second-order valence-electron chi connectivity index (χ2n) is 11.3. The molecule has 0 radical (unpaired) electrons. The zero-order valence-electron chi connectivity index (χ0n) is 26.0. The fourth-order valence-corrected chi connectivity index (χ4v) is 4.99. The van der Waals surface area contributed by atoms with Gasteiger partial charge in [-0.3, -0.25) is 9.59 Å². The van der Waals surface area contributed by atoms with Crippen LogP contribution in [0.4, 0.5) is 4.79 Å². The van der Waals surface area contributed by atoms with Gasteiger partial charge in [0.15, 0.2) is 0 Å². The largest absolute Gasteiger partial charge is 0.478 e. The highest BCUT2D eigenvalue weighted by Gasteiger charge is 2.30. The van der Waals surface area contributed by atoms with Crippen molar-refractivity contribution in [2.45, 2.75) is 82.9 Å². The Labute approximate surface area is 267 Å². The van der Waals surface area contributed by atoms with Gasteiger partial charge in [-0.2, -0.15) is 11.8 Å². The van der Waals surface area contributed by atoms with Crippen molar-refractivity contribution in [3.05, 3.63) is 65.7 Å². The molecule has 0 bridgehead atoms. The highest BCUT2D eigenvalue weighted by molar-refractivity contribution is 7.98. The predicted molar refractivity (Wildman–Crippen MR) is 170 cm³/mol. The van der Waals surface area contributed by atoms with Crippen LogP contribution in [0.2, 0.25) is 0 Å². The Hall–Kier alpha value is -4.26. The number of aliphatic carboxylic acids is 2. The molecule has 0 heterocycles. The molecule has 0 spiro atoms. The van der Waals surface area contributed by atoms with Gasteiger partial charge in [-0.25, -0.2) is 14.4 Å². The smallest absolute Gasteiger partial charge is 0.408 e. The van der Waals surface area contributed by atoms with Crippen LogP contribution in [0.1, 0.15) is 58.1 Å². The third kappa shape index (κ3) is 14.4. The topological polar surface area (TPSA) is 180 Å². The monoisotopic (exact) mass is 645 g/mol. The summed E-state index contributed by atoms with van der Waals surface area (Å²) in [5.74, 6) is -3.46. The van der Waals surface area contributed by atoms with Crippen LogP contribution in [0, 0.1) is 0 Å². The molecular formula is C32H43N3O9S. The van der Waals surface area contributed by atoms with E-state index in [1.54, 1.807) is 32.9 Å². The minimum atomic E-state index is -2.08. The zero-order chi connectivity index (χ0) is 33.4. The van der Waals surface area contributed by atoms with Crippen LogP contribution in [-0.2, 0) is 36.1 Å². The van der Waals surface area contributed by atoms with Gasteiger partial charge in [0, 0.05) is 24.5 Å². The fraction of sp³-hybridized carbons (Fsp3) is 0.469. The van der Waals surface area contributed by atoms with E-state index in [-0.39, 0.29) is 17.9 Å². The van der Waals surface area contributed by atoms with Crippen molar-refractivity contribution in [3.63, 3.8) is 0 Å². The molecule has 5 N–H and O–H groups in total. The number of carboxylic acid groups (broad SMARTS) is 2. The second kappa shape index (κ2) is 18.5. The standard InChI is InChI=1S/C32H43N3O9S/c1-5-6-10-17-33-27(36)24(18-21-13-15-23(16-14-21)43-26(29(38)39)30(40)41)34-28(37)25(35-31(42)44-32(2,3)4)20-45-19-22-11-8-7-9-12-22/h7-9,11-16,24-26H,5-6,10,17-20H2,1-4H3,(H,33,36)(H,34,37)(H,35,42)(H,38,39)(H,40,41)/t24-,25-/m0/s1. The summed E-state index contributed by atoms with van der Waals surface area (Å²) < 4.78 is 10.4. The lowest BCUT2D eigenvalue weighted by Crippen LogP contribution is -2.55. The maximum absolute atomic E-state index is 13.6. The molecule has 0 saturated heterocycles. The second-order valence-corrected chi connectivity index (χ2v) is 12.3. The van der Waals surface area contributed by atoms with E-state index in [0.717, 1.165) is 24.8 Å². The van der Waals surface area contributed by atoms with Crippen LogP contribution < -0.4 is 20.7 Å². The van der Waals surface area contributed by atoms with Crippen molar-refractivity contribution in [2.75, 3.05) is 12.3 Å². The van der Waals surface area contributed by atoms with Gasteiger partial charge < -0.3 is 35.6 Å².